The van der Waals surface area contributed by atoms with E-state index in [1.807, 2.05) is 0 Å². The minimum absolute atomic E-state index is 0.0287. The summed E-state index contributed by atoms with van der Waals surface area (Å²) in [5.41, 5.74) is -3.26. The molecule has 0 aliphatic rings. The topological polar surface area (TPSA) is 152 Å². The summed E-state index contributed by atoms with van der Waals surface area (Å²) in [4.78, 5) is 27.5. The summed E-state index contributed by atoms with van der Waals surface area (Å²) in [6.07, 6.45) is 0. The van der Waals surface area contributed by atoms with Crippen molar-refractivity contribution in [2.75, 3.05) is 0 Å². The van der Waals surface area contributed by atoms with E-state index in [4.69, 9.17) is 0 Å². The van der Waals surface area contributed by atoms with Gasteiger partial charge in [0.05, 0.1) is 32.7 Å². The first-order valence-corrected chi connectivity index (χ1v) is 9.98. The van der Waals surface area contributed by atoms with Crippen LogP contribution in [-0.4, -0.2) is 14.8 Å². The summed E-state index contributed by atoms with van der Waals surface area (Å²) in [6.45, 7) is 0. The molecule has 0 atom stereocenters. The van der Waals surface area contributed by atoms with Crippen LogP contribution in [0.2, 0.25) is 0 Å². The molecule has 0 amide bonds. The van der Waals surface area contributed by atoms with Crippen molar-refractivity contribution in [2.45, 2.75) is 0 Å². The van der Waals surface area contributed by atoms with E-state index in [9.17, 15) is 35.4 Å². The van der Waals surface area contributed by atoms with Crippen LogP contribution in [-0.2, 0) is 0 Å². The Balaban J connectivity index is 0.000000211. The normalized spacial score (nSPS) is 9.93. The monoisotopic (exact) mass is 509 g/mol. The van der Waals surface area contributed by atoms with Crippen LogP contribution in [0, 0.1) is 37.5 Å². The van der Waals surface area contributed by atoms with E-state index in [1.165, 1.54) is 7.14 Å². The van der Waals surface area contributed by atoms with Gasteiger partial charge in [-0.3, -0.25) is 30.3 Å². The van der Waals surface area contributed by atoms with Gasteiger partial charge in [-0.25, -0.2) is 0 Å². The molecule has 0 saturated heterocycles. The number of non-ortho nitro benzene ring substituents is 1. The molecule has 0 radical (unpaired) electrons. The molecular formula is C18H12IN3O7-2. The molecule has 0 bridgehead atoms. The molecule has 0 heterocycles. The molecule has 11 heteroatoms. The molecule has 0 aromatic heterocycles. The van der Waals surface area contributed by atoms with Crippen LogP contribution in [0.15, 0.2) is 72.8 Å². The zero-order chi connectivity index (χ0) is 21.4. The van der Waals surface area contributed by atoms with Crippen LogP contribution in [0.5, 0.6) is 5.75 Å². The summed E-state index contributed by atoms with van der Waals surface area (Å²) < 4.78 is 2.96. The van der Waals surface area contributed by atoms with Crippen molar-refractivity contribution in [3.05, 3.63) is 110 Å². The van der Waals surface area contributed by atoms with Crippen molar-refractivity contribution in [3.8, 4) is 5.75 Å². The molecule has 0 spiro atoms. The van der Waals surface area contributed by atoms with Gasteiger partial charge in [0.25, 0.3) is 17.1 Å². The predicted molar refractivity (Wildman–Crippen MR) is 96.1 cm³/mol. The fourth-order valence-electron chi connectivity index (χ4n) is 2.04. The number of benzene rings is 3. The molecule has 3 aromatic rings. The first-order valence-electron chi connectivity index (χ1n) is 7.82. The quantitative estimate of drug-likeness (QED) is 0.273. The second kappa shape index (κ2) is 10.1. The third kappa shape index (κ3) is 6.21. The molecule has 0 aliphatic carbocycles. The molecule has 3 rings (SSSR count). The summed E-state index contributed by atoms with van der Waals surface area (Å²) in [7, 11) is 0. The van der Waals surface area contributed by atoms with Gasteiger partial charge in [0, 0.05) is 0 Å². The predicted octanol–water partition coefficient (Wildman–Crippen LogP) is 0.300. The Morgan fingerprint density at radius 3 is 1.31 bits per heavy atom. The van der Waals surface area contributed by atoms with Gasteiger partial charge < -0.3 is 5.11 Å². The Bertz CT molecular complexity index is 958. The van der Waals surface area contributed by atoms with E-state index in [1.54, 1.807) is 0 Å². The van der Waals surface area contributed by atoms with E-state index in [-0.39, 0.29) is 21.2 Å². The molecule has 0 saturated carbocycles. The zero-order valence-electron chi connectivity index (χ0n) is 14.5. The molecular weight excluding hydrogens is 497 g/mol. The zero-order valence-corrected chi connectivity index (χ0v) is 16.7. The number of hydrogen-bond donors (Lipinski definition) is 0. The van der Waals surface area contributed by atoms with Gasteiger partial charge >= 0.3 is 89.0 Å². The Morgan fingerprint density at radius 1 is 0.621 bits per heavy atom. The van der Waals surface area contributed by atoms with E-state index >= 15 is 0 Å². The average molecular weight is 509 g/mol. The molecule has 0 unspecified atom stereocenters. The summed E-state index contributed by atoms with van der Waals surface area (Å²) in [6, 6.07) is 22.2. The van der Waals surface area contributed by atoms with Gasteiger partial charge in [-0.2, -0.15) is 0 Å². The van der Waals surface area contributed by atoms with Crippen molar-refractivity contribution in [1.29, 1.82) is 0 Å². The van der Waals surface area contributed by atoms with E-state index in [0.29, 0.717) is 12.1 Å². The Kier molecular flexibility index (Phi) is 7.54. The summed E-state index contributed by atoms with van der Waals surface area (Å²) in [5, 5.41) is 42.1. The van der Waals surface area contributed by atoms with E-state index in [0.717, 1.165) is 0 Å². The van der Waals surface area contributed by atoms with Crippen LogP contribution < -0.4 is 26.3 Å². The maximum atomic E-state index is 11.1. The molecule has 3 aromatic carbocycles. The minimum atomic E-state index is -1.46. The first-order chi connectivity index (χ1) is 13.8. The van der Waals surface area contributed by atoms with Crippen molar-refractivity contribution < 1.29 is 41.1 Å². The molecule has 0 fully saturated rings. The summed E-state index contributed by atoms with van der Waals surface area (Å²) >= 11 is 0.0287. The average Bonchev–Trinajstić information content (AvgIpc) is 2.69. The third-order valence-corrected chi connectivity index (χ3v) is 6.01. The van der Waals surface area contributed by atoms with E-state index < -0.39 is 37.6 Å². The van der Waals surface area contributed by atoms with Gasteiger partial charge in [-0.05, 0) is 0 Å². The Labute approximate surface area is 174 Å². The fraction of sp³-hybridized carbons (Fsp3) is 0. The third-order valence-electron chi connectivity index (χ3n) is 3.32. The second-order valence-electron chi connectivity index (χ2n) is 5.27. The van der Waals surface area contributed by atoms with Crippen LogP contribution in [0.3, 0.4) is 0 Å². The summed E-state index contributed by atoms with van der Waals surface area (Å²) in [5.74, 6) is -1.46. The fourth-order valence-corrected chi connectivity index (χ4v) is 4.31. The standard InChI is InChI=1S/C12H10I.C6H3N3O7/c1-3-7-11(8-4-1)13-12-9-5-2-6-10-12;10-6-4(8(13)14)1-3(7(11)12)2-5(6)9(15)16/h1-10H;1-2,10H/q-1;/p-1. The Morgan fingerprint density at radius 2 is 1.00 bits per heavy atom. The maximum absolute atomic E-state index is 11.1. The molecule has 0 N–H and O–H groups in total. The van der Waals surface area contributed by atoms with Crippen LogP contribution >= 0.6 is 0 Å². The number of halogens is 1. The number of nitrogens with zero attached hydrogens (tertiary/aromatic N) is 3. The van der Waals surface area contributed by atoms with Crippen LogP contribution in [0.1, 0.15) is 0 Å². The first kappa shape index (κ1) is 21.7. The van der Waals surface area contributed by atoms with Crippen LogP contribution in [0.25, 0.3) is 0 Å². The van der Waals surface area contributed by atoms with Crippen molar-refractivity contribution in [2.24, 2.45) is 0 Å². The van der Waals surface area contributed by atoms with Crippen LogP contribution in [0.4, 0.5) is 17.1 Å². The number of hydrogen-bond acceptors (Lipinski definition) is 7. The number of nitro groups is 3. The number of rotatable bonds is 5. The van der Waals surface area contributed by atoms with Crippen molar-refractivity contribution in [3.63, 3.8) is 0 Å². The molecule has 10 nitrogen and oxygen atoms in total. The van der Waals surface area contributed by atoms with Gasteiger partial charge in [-0.1, -0.05) is 0 Å². The van der Waals surface area contributed by atoms with Gasteiger partial charge in [0.15, 0.2) is 0 Å². The molecule has 0 aliphatic heterocycles. The Hall–Kier alpha value is -3.61. The van der Waals surface area contributed by atoms with Crippen molar-refractivity contribution in [1.82, 2.24) is 0 Å². The van der Waals surface area contributed by atoms with Gasteiger partial charge in [0.1, 0.15) is 0 Å². The number of nitro benzene ring substituents is 3. The van der Waals surface area contributed by atoms with Gasteiger partial charge in [-0.15, -0.1) is 0 Å². The SMILES string of the molecule is O=[N+]([O-])c1cc([N+](=O)[O-])c([O-])c([N+](=O)[O-])c1.c1ccc([I-]c2ccccc2)cc1. The second-order valence-corrected chi connectivity index (χ2v) is 8.30. The molecule has 150 valence electrons. The molecule has 29 heavy (non-hydrogen) atoms. The van der Waals surface area contributed by atoms with E-state index in [2.05, 4.69) is 60.7 Å². The van der Waals surface area contributed by atoms with Gasteiger partial charge in [0.2, 0.25) is 0 Å². The van der Waals surface area contributed by atoms with Crippen molar-refractivity contribution >= 4 is 17.1 Å².